The van der Waals surface area contributed by atoms with E-state index in [4.69, 9.17) is 5.11 Å². The predicted molar refractivity (Wildman–Crippen MR) is 70.0 cm³/mol. The highest BCUT2D eigenvalue weighted by molar-refractivity contribution is 5.86. The molecule has 4 atom stereocenters. The van der Waals surface area contributed by atoms with Gasteiger partial charge in [-0.2, -0.15) is 0 Å². The molecule has 1 fully saturated rings. The van der Waals surface area contributed by atoms with Crippen LogP contribution in [-0.2, 0) is 4.79 Å². The number of aliphatic hydroxyl groups excluding tert-OH is 1. The zero-order valence-electron chi connectivity index (χ0n) is 10.9. The van der Waals surface area contributed by atoms with Crippen LogP contribution in [0.2, 0.25) is 0 Å². The first-order valence-electron chi connectivity index (χ1n) is 6.77. The van der Waals surface area contributed by atoms with Crippen LogP contribution in [0.3, 0.4) is 0 Å². The summed E-state index contributed by atoms with van der Waals surface area (Å²) >= 11 is 0. The first-order valence-corrected chi connectivity index (χ1v) is 6.77. The summed E-state index contributed by atoms with van der Waals surface area (Å²) < 4.78 is 0. The van der Waals surface area contributed by atoms with Gasteiger partial charge in [-0.1, -0.05) is 19.6 Å². The van der Waals surface area contributed by atoms with Gasteiger partial charge in [-0.25, -0.2) is 4.79 Å². The highest BCUT2D eigenvalue weighted by Gasteiger charge is 2.39. The SMILES string of the molecule is C=C(CO)[C@H]1CC[C@H](C)[C@@H]2CCC(C(=O)O)=C[C@@H]21. The average Bonchev–Trinajstić information content (AvgIpc) is 2.38. The van der Waals surface area contributed by atoms with Crippen LogP contribution in [0.4, 0.5) is 0 Å². The van der Waals surface area contributed by atoms with Crippen molar-refractivity contribution in [3.8, 4) is 0 Å². The molecule has 0 aromatic rings. The lowest BCUT2D eigenvalue weighted by atomic mass is 9.61. The van der Waals surface area contributed by atoms with Crippen LogP contribution in [0.15, 0.2) is 23.8 Å². The molecule has 18 heavy (non-hydrogen) atoms. The second kappa shape index (κ2) is 5.27. The van der Waals surface area contributed by atoms with Crippen LogP contribution in [0.25, 0.3) is 0 Å². The van der Waals surface area contributed by atoms with Gasteiger partial charge in [0.25, 0.3) is 0 Å². The molecule has 0 aromatic heterocycles. The smallest absolute Gasteiger partial charge is 0.331 e. The van der Waals surface area contributed by atoms with E-state index in [1.54, 1.807) is 0 Å². The molecule has 0 saturated heterocycles. The van der Waals surface area contributed by atoms with E-state index in [-0.39, 0.29) is 18.4 Å². The van der Waals surface area contributed by atoms with Gasteiger partial charge in [0.05, 0.1) is 6.61 Å². The van der Waals surface area contributed by atoms with Crippen LogP contribution < -0.4 is 0 Å². The van der Waals surface area contributed by atoms with E-state index in [0.29, 0.717) is 23.8 Å². The molecule has 0 spiro atoms. The van der Waals surface area contributed by atoms with Gasteiger partial charge in [0, 0.05) is 5.57 Å². The summed E-state index contributed by atoms with van der Waals surface area (Å²) in [5, 5.41) is 18.4. The quantitative estimate of drug-likeness (QED) is 0.757. The maximum Gasteiger partial charge on any atom is 0.331 e. The number of allylic oxidation sites excluding steroid dienone is 1. The van der Waals surface area contributed by atoms with Crippen molar-refractivity contribution in [2.75, 3.05) is 6.61 Å². The molecule has 2 N–H and O–H groups in total. The van der Waals surface area contributed by atoms with E-state index < -0.39 is 5.97 Å². The Hall–Kier alpha value is -1.09. The average molecular weight is 250 g/mol. The Kier molecular flexibility index (Phi) is 3.91. The van der Waals surface area contributed by atoms with Gasteiger partial charge in [0.15, 0.2) is 0 Å². The zero-order chi connectivity index (χ0) is 13.3. The summed E-state index contributed by atoms with van der Waals surface area (Å²) in [4.78, 5) is 11.1. The van der Waals surface area contributed by atoms with Gasteiger partial charge < -0.3 is 10.2 Å². The van der Waals surface area contributed by atoms with Crippen molar-refractivity contribution in [3.63, 3.8) is 0 Å². The van der Waals surface area contributed by atoms with Gasteiger partial charge in [-0.3, -0.25) is 0 Å². The number of fused-ring (bicyclic) bond motifs is 1. The molecular formula is C15H22O3. The Bertz CT molecular complexity index is 383. The normalized spacial score (nSPS) is 35.6. The number of rotatable bonds is 3. The van der Waals surface area contributed by atoms with Crippen molar-refractivity contribution < 1.29 is 15.0 Å². The number of aliphatic carboxylic acids is 1. The molecule has 2 aliphatic carbocycles. The van der Waals surface area contributed by atoms with E-state index in [2.05, 4.69) is 13.5 Å². The number of hydrogen-bond acceptors (Lipinski definition) is 2. The van der Waals surface area contributed by atoms with Gasteiger partial charge in [0.2, 0.25) is 0 Å². The molecule has 3 heteroatoms. The Labute approximate surface area is 108 Å². The van der Waals surface area contributed by atoms with Crippen LogP contribution in [-0.4, -0.2) is 22.8 Å². The number of hydrogen-bond donors (Lipinski definition) is 2. The second-order valence-electron chi connectivity index (χ2n) is 5.75. The largest absolute Gasteiger partial charge is 0.478 e. The topological polar surface area (TPSA) is 57.5 Å². The van der Waals surface area contributed by atoms with Crippen molar-refractivity contribution >= 4 is 5.97 Å². The summed E-state index contributed by atoms with van der Waals surface area (Å²) in [5.74, 6) is 0.915. The van der Waals surface area contributed by atoms with E-state index >= 15 is 0 Å². The monoisotopic (exact) mass is 250 g/mol. The van der Waals surface area contributed by atoms with Crippen LogP contribution in [0.5, 0.6) is 0 Å². The molecule has 100 valence electrons. The summed E-state index contributed by atoms with van der Waals surface area (Å²) in [5.41, 5.74) is 1.40. The molecular weight excluding hydrogens is 228 g/mol. The Morgan fingerprint density at radius 3 is 2.78 bits per heavy atom. The first kappa shape index (κ1) is 13.3. The maximum absolute atomic E-state index is 11.1. The molecule has 0 aromatic carbocycles. The summed E-state index contributed by atoms with van der Waals surface area (Å²) in [7, 11) is 0. The molecule has 0 aliphatic heterocycles. The van der Waals surface area contributed by atoms with Crippen molar-refractivity contribution in [1.82, 2.24) is 0 Å². The Morgan fingerprint density at radius 1 is 1.44 bits per heavy atom. The predicted octanol–water partition coefficient (Wildman–Crippen LogP) is 2.62. The van der Waals surface area contributed by atoms with Crippen molar-refractivity contribution in [2.45, 2.75) is 32.6 Å². The third-order valence-corrected chi connectivity index (χ3v) is 4.77. The third kappa shape index (κ3) is 2.37. The van der Waals surface area contributed by atoms with Gasteiger partial charge in [0.1, 0.15) is 0 Å². The van der Waals surface area contributed by atoms with E-state index in [1.807, 2.05) is 6.08 Å². The van der Waals surface area contributed by atoms with Crippen molar-refractivity contribution in [2.24, 2.45) is 23.7 Å². The fraction of sp³-hybridized carbons (Fsp3) is 0.667. The van der Waals surface area contributed by atoms with E-state index in [0.717, 1.165) is 24.8 Å². The minimum Gasteiger partial charge on any atom is -0.478 e. The Balaban J connectivity index is 2.27. The molecule has 0 unspecified atom stereocenters. The standard InChI is InChI=1S/C15H22O3/c1-9-3-5-13(10(2)8-16)14-7-11(15(17)18)4-6-12(9)14/h7,9,12-14,16H,2-6,8H2,1H3,(H,17,18)/t9-,12-,13+,14-/m0/s1. The lowest BCUT2D eigenvalue weighted by molar-refractivity contribution is -0.133. The van der Waals surface area contributed by atoms with Crippen LogP contribution >= 0.6 is 0 Å². The highest BCUT2D eigenvalue weighted by atomic mass is 16.4. The third-order valence-electron chi connectivity index (χ3n) is 4.77. The molecule has 0 amide bonds. The zero-order valence-corrected chi connectivity index (χ0v) is 10.9. The molecule has 2 rings (SSSR count). The number of carbonyl (C=O) groups is 1. The van der Waals surface area contributed by atoms with Gasteiger partial charge >= 0.3 is 5.97 Å². The lowest BCUT2D eigenvalue weighted by Crippen LogP contribution is -2.36. The fourth-order valence-electron chi connectivity index (χ4n) is 3.65. The van der Waals surface area contributed by atoms with Crippen molar-refractivity contribution in [3.05, 3.63) is 23.8 Å². The fourth-order valence-corrected chi connectivity index (χ4v) is 3.65. The molecule has 3 nitrogen and oxygen atoms in total. The first-order chi connectivity index (χ1) is 8.54. The number of carboxylic acid groups (broad SMARTS) is 1. The molecule has 0 bridgehead atoms. The minimum absolute atomic E-state index is 0.0124. The summed E-state index contributed by atoms with van der Waals surface area (Å²) in [6.45, 7) is 6.23. The number of carboxylic acids is 1. The highest BCUT2D eigenvalue weighted by Crippen LogP contribution is 2.47. The van der Waals surface area contributed by atoms with Gasteiger partial charge in [-0.05, 0) is 54.9 Å². The van der Waals surface area contributed by atoms with Crippen molar-refractivity contribution in [1.29, 1.82) is 0 Å². The van der Waals surface area contributed by atoms with Crippen LogP contribution in [0, 0.1) is 23.7 Å². The van der Waals surface area contributed by atoms with Crippen LogP contribution in [0.1, 0.15) is 32.6 Å². The second-order valence-corrected chi connectivity index (χ2v) is 5.75. The minimum atomic E-state index is -0.792. The molecule has 1 saturated carbocycles. The number of aliphatic hydroxyl groups is 1. The molecule has 0 heterocycles. The van der Waals surface area contributed by atoms with E-state index in [1.165, 1.54) is 0 Å². The maximum atomic E-state index is 11.1. The molecule has 0 radical (unpaired) electrons. The summed E-state index contributed by atoms with van der Waals surface area (Å²) in [6.07, 6.45) is 5.75. The lowest BCUT2D eigenvalue weighted by Gasteiger charge is -2.44. The Morgan fingerprint density at radius 2 is 2.17 bits per heavy atom. The molecule has 2 aliphatic rings. The summed E-state index contributed by atoms with van der Waals surface area (Å²) in [6, 6.07) is 0. The van der Waals surface area contributed by atoms with Gasteiger partial charge in [-0.15, -0.1) is 0 Å². The van der Waals surface area contributed by atoms with E-state index in [9.17, 15) is 9.90 Å².